The van der Waals surface area contributed by atoms with Gasteiger partial charge in [-0.15, -0.1) is 0 Å². The monoisotopic (exact) mass is 419 g/mol. The minimum absolute atomic E-state index is 0.142. The van der Waals surface area contributed by atoms with Crippen LogP contribution in [0.1, 0.15) is 25.3 Å². The molecule has 1 fully saturated rings. The zero-order valence-corrected chi connectivity index (χ0v) is 17.2. The third-order valence-corrected chi connectivity index (χ3v) is 6.78. The number of halogens is 1. The highest BCUT2D eigenvalue weighted by atomic mass is 32.2. The summed E-state index contributed by atoms with van der Waals surface area (Å²) in [5.41, 5.74) is 0.446. The van der Waals surface area contributed by atoms with Crippen LogP contribution in [0.3, 0.4) is 0 Å². The molecule has 3 rings (SSSR count). The van der Waals surface area contributed by atoms with E-state index in [2.05, 4.69) is 10.0 Å². The molecule has 0 saturated carbocycles. The summed E-state index contributed by atoms with van der Waals surface area (Å²) < 4.78 is 41.3. The minimum atomic E-state index is -3.54. The predicted octanol–water partition coefficient (Wildman–Crippen LogP) is 2.27. The number of hydrogen-bond acceptors (Lipinski definition) is 4. The summed E-state index contributed by atoms with van der Waals surface area (Å²) in [7, 11) is -3.54. The smallest absolute Gasteiger partial charge is 0.240 e. The van der Waals surface area contributed by atoms with Crippen molar-refractivity contribution in [1.29, 1.82) is 0 Å². The molecule has 1 atom stereocenters. The second-order valence-corrected chi connectivity index (χ2v) is 8.94. The Morgan fingerprint density at radius 3 is 2.38 bits per heavy atom. The lowest BCUT2D eigenvalue weighted by Gasteiger charge is -2.35. The van der Waals surface area contributed by atoms with Crippen LogP contribution in [-0.2, 0) is 21.4 Å². The summed E-state index contributed by atoms with van der Waals surface area (Å²) in [6.07, 6.45) is 1.24. The molecule has 1 unspecified atom stereocenters. The molecule has 1 aliphatic rings. The zero-order valence-electron chi connectivity index (χ0n) is 16.3. The molecule has 6 nitrogen and oxygen atoms in total. The maximum absolute atomic E-state index is 13.7. The van der Waals surface area contributed by atoms with Crippen LogP contribution < -0.4 is 10.0 Å². The molecule has 1 heterocycles. The van der Waals surface area contributed by atoms with E-state index >= 15 is 0 Å². The highest BCUT2D eigenvalue weighted by Crippen LogP contribution is 2.17. The molecule has 2 N–H and O–H groups in total. The number of sulfonamides is 1. The van der Waals surface area contributed by atoms with Gasteiger partial charge < -0.3 is 5.32 Å². The summed E-state index contributed by atoms with van der Waals surface area (Å²) in [4.78, 5) is 14.7. The number of likely N-dealkylation sites (tertiary alicyclic amines) is 1. The fourth-order valence-electron chi connectivity index (χ4n) is 3.43. The van der Waals surface area contributed by atoms with Crippen LogP contribution in [0, 0.1) is 5.82 Å². The van der Waals surface area contributed by atoms with Crippen molar-refractivity contribution in [3.8, 4) is 0 Å². The molecule has 0 radical (unpaired) electrons. The molecule has 156 valence electrons. The summed E-state index contributed by atoms with van der Waals surface area (Å²) in [6.45, 7) is 3.17. The van der Waals surface area contributed by atoms with Crippen LogP contribution >= 0.6 is 0 Å². The first-order valence-corrected chi connectivity index (χ1v) is 11.2. The lowest BCUT2D eigenvalue weighted by atomic mass is 10.0. The molecular weight excluding hydrogens is 393 g/mol. The van der Waals surface area contributed by atoms with Crippen LogP contribution in [0.2, 0.25) is 0 Å². The van der Waals surface area contributed by atoms with E-state index in [0.717, 1.165) is 0 Å². The van der Waals surface area contributed by atoms with E-state index < -0.39 is 10.0 Å². The van der Waals surface area contributed by atoms with Gasteiger partial charge in [-0.05, 0) is 38.0 Å². The standard InChI is InChI=1S/C21H26FN3O3S/c1-16(21(26)23-15-17-7-5-6-10-20(17)22)25-13-11-18(12-14-25)24-29(27,28)19-8-3-2-4-9-19/h2-10,16,18,24H,11-15H2,1H3,(H,23,26). The van der Waals surface area contributed by atoms with Crippen molar-refractivity contribution < 1.29 is 17.6 Å². The fourth-order valence-corrected chi connectivity index (χ4v) is 4.76. The lowest BCUT2D eigenvalue weighted by molar-refractivity contribution is -0.126. The largest absolute Gasteiger partial charge is 0.351 e. The van der Waals surface area contributed by atoms with Crippen molar-refractivity contribution in [1.82, 2.24) is 14.9 Å². The summed E-state index contributed by atoms with van der Waals surface area (Å²) in [5.74, 6) is -0.511. The van der Waals surface area contributed by atoms with Crippen molar-refractivity contribution in [3.63, 3.8) is 0 Å². The third-order valence-electron chi connectivity index (χ3n) is 5.24. The number of nitrogens with one attached hydrogen (secondary N) is 2. The van der Waals surface area contributed by atoms with Crippen LogP contribution in [0.5, 0.6) is 0 Å². The van der Waals surface area contributed by atoms with Gasteiger partial charge in [0.1, 0.15) is 5.82 Å². The van der Waals surface area contributed by atoms with E-state index in [9.17, 15) is 17.6 Å². The number of hydrogen-bond donors (Lipinski definition) is 2. The molecule has 2 aromatic rings. The molecule has 8 heteroatoms. The normalized spacial score (nSPS) is 17.0. The van der Waals surface area contributed by atoms with Crippen molar-refractivity contribution >= 4 is 15.9 Å². The van der Waals surface area contributed by atoms with Crippen molar-refractivity contribution in [3.05, 3.63) is 66.0 Å². The van der Waals surface area contributed by atoms with Crippen molar-refractivity contribution in [2.45, 2.75) is 43.3 Å². The molecule has 1 aliphatic heterocycles. The molecule has 0 aliphatic carbocycles. The Balaban J connectivity index is 1.48. The van der Waals surface area contributed by atoms with Crippen molar-refractivity contribution in [2.24, 2.45) is 0 Å². The number of carbonyl (C=O) groups excluding carboxylic acids is 1. The van der Waals surface area contributed by atoms with E-state index in [4.69, 9.17) is 0 Å². The van der Waals surface area contributed by atoms with Crippen LogP contribution in [0.4, 0.5) is 4.39 Å². The van der Waals surface area contributed by atoms with E-state index in [1.165, 1.54) is 6.07 Å². The van der Waals surface area contributed by atoms with Crippen LogP contribution in [-0.4, -0.2) is 44.4 Å². The van der Waals surface area contributed by atoms with Gasteiger partial charge in [0.2, 0.25) is 15.9 Å². The topological polar surface area (TPSA) is 78.5 Å². The average Bonchev–Trinajstić information content (AvgIpc) is 2.73. The number of benzene rings is 2. The fraction of sp³-hybridized carbons (Fsp3) is 0.381. The van der Waals surface area contributed by atoms with Gasteiger partial charge in [0.15, 0.2) is 0 Å². The lowest BCUT2D eigenvalue weighted by Crippen LogP contribution is -2.51. The molecule has 2 aromatic carbocycles. The zero-order chi connectivity index (χ0) is 20.9. The second-order valence-electron chi connectivity index (χ2n) is 7.23. The quantitative estimate of drug-likeness (QED) is 0.722. The van der Waals surface area contributed by atoms with Crippen LogP contribution in [0.25, 0.3) is 0 Å². The number of carbonyl (C=O) groups is 1. The van der Waals surface area contributed by atoms with E-state index in [1.54, 1.807) is 48.5 Å². The number of amides is 1. The Labute approximate surface area is 171 Å². The van der Waals surface area contributed by atoms with Gasteiger partial charge in [-0.2, -0.15) is 0 Å². The van der Waals surface area contributed by atoms with Gasteiger partial charge in [0, 0.05) is 31.2 Å². The Morgan fingerprint density at radius 1 is 1.10 bits per heavy atom. The number of nitrogens with zero attached hydrogens (tertiary/aromatic N) is 1. The Morgan fingerprint density at radius 2 is 1.72 bits per heavy atom. The van der Waals surface area contributed by atoms with E-state index in [0.29, 0.717) is 31.5 Å². The molecule has 0 aromatic heterocycles. The molecular formula is C21H26FN3O3S. The van der Waals surface area contributed by atoms with Gasteiger partial charge in [-0.1, -0.05) is 36.4 Å². The number of piperidine rings is 1. The Bertz CT molecular complexity index is 929. The molecule has 1 saturated heterocycles. The van der Waals surface area contributed by atoms with Gasteiger partial charge in [-0.25, -0.2) is 17.5 Å². The van der Waals surface area contributed by atoms with Crippen molar-refractivity contribution in [2.75, 3.05) is 13.1 Å². The molecule has 29 heavy (non-hydrogen) atoms. The minimum Gasteiger partial charge on any atom is -0.351 e. The predicted molar refractivity (Wildman–Crippen MR) is 109 cm³/mol. The first kappa shape index (κ1) is 21.4. The Hall–Kier alpha value is -2.29. The summed E-state index contributed by atoms with van der Waals surface area (Å²) in [5, 5.41) is 2.78. The summed E-state index contributed by atoms with van der Waals surface area (Å²) in [6, 6.07) is 14.1. The molecule has 0 bridgehead atoms. The van der Waals surface area contributed by atoms with Gasteiger partial charge in [0.25, 0.3) is 0 Å². The SMILES string of the molecule is CC(C(=O)NCc1ccccc1F)N1CCC(NS(=O)(=O)c2ccccc2)CC1. The van der Waals surface area contributed by atoms with Gasteiger partial charge in [0.05, 0.1) is 10.9 Å². The van der Waals surface area contributed by atoms with E-state index in [1.807, 2.05) is 11.8 Å². The number of rotatable bonds is 7. The van der Waals surface area contributed by atoms with E-state index in [-0.39, 0.29) is 35.2 Å². The maximum atomic E-state index is 13.7. The third kappa shape index (κ3) is 5.62. The maximum Gasteiger partial charge on any atom is 0.240 e. The van der Waals surface area contributed by atoms with Crippen LogP contribution in [0.15, 0.2) is 59.5 Å². The Kier molecular flexibility index (Phi) is 7.00. The van der Waals surface area contributed by atoms with Gasteiger partial charge in [-0.3, -0.25) is 9.69 Å². The van der Waals surface area contributed by atoms with Gasteiger partial charge >= 0.3 is 0 Å². The molecule has 1 amide bonds. The summed E-state index contributed by atoms with van der Waals surface area (Å²) >= 11 is 0. The first-order valence-electron chi connectivity index (χ1n) is 9.69. The highest BCUT2D eigenvalue weighted by Gasteiger charge is 2.29. The highest BCUT2D eigenvalue weighted by molar-refractivity contribution is 7.89. The first-order chi connectivity index (χ1) is 13.9. The molecule has 0 spiro atoms. The average molecular weight is 420 g/mol. The second kappa shape index (κ2) is 9.47.